The van der Waals surface area contributed by atoms with Gasteiger partial charge in [0.25, 0.3) is 0 Å². The first-order valence-corrected chi connectivity index (χ1v) is 7.99. The van der Waals surface area contributed by atoms with Crippen LogP contribution in [0.3, 0.4) is 0 Å². The predicted molar refractivity (Wildman–Crippen MR) is 86.4 cm³/mol. The number of benzene rings is 1. The molecule has 0 spiro atoms. The zero-order chi connectivity index (χ0) is 16.6. The Balaban J connectivity index is 1.79. The Morgan fingerprint density at radius 2 is 2.04 bits per heavy atom. The number of rotatable bonds is 5. The maximum absolute atomic E-state index is 13.9. The van der Waals surface area contributed by atoms with Crippen LogP contribution in [0.2, 0.25) is 0 Å². The zero-order valence-corrected chi connectivity index (χ0v) is 13.8. The standard InChI is InChI=1S/C18H22FN3O/c1-12-16(13(2)21(3)20-12)10-18(23)22(15-8-9-15)11-14-6-4-5-7-17(14)19/h4-7,15H,8-11H2,1-3H3. The second kappa shape index (κ2) is 6.14. The number of carbonyl (C=O) groups excluding carboxylic acids is 1. The molecule has 1 aromatic heterocycles. The topological polar surface area (TPSA) is 38.1 Å². The number of carbonyl (C=O) groups is 1. The van der Waals surface area contributed by atoms with Crippen LogP contribution in [-0.4, -0.2) is 26.6 Å². The molecule has 0 aliphatic heterocycles. The van der Waals surface area contributed by atoms with Gasteiger partial charge in [-0.2, -0.15) is 5.10 Å². The van der Waals surface area contributed by atoms with Crippen molar-refractivity contribution >= 4 is 5.91 Å². The van der Waals surface area contributed by atoms with Crippen LogP contribution in [0, 0.1) is 19.7 Å². The summed E-state index contributed by atoms with van der Waals surface area (Å²) in [6.45, 7) is 4.24. The predicted octanol–water partition coefficient (Wildman–Crippen LogP) is 2.91. The summed E-state index contributed by atoms with van der Waals surface area (Å²) >= 11 is 0. The summed E-state index contributed by atoms with van der Waals surface area (Å²) in [5, 5.41) is 4.37. The summed E-state index contributed by atoms with van der Waals surface area (Å²) in [4.78, 5) is 14.6. The van der Waals surface area contributed by atoms with Crippen molar-refractivity contribution in [3.8, 4) is 0 Å². The van der Waals surface area contributed by atoms with Crippen molar-refractivity contribution in [3.63, 3.8) is 0 Å². The van der Waals surface area contributed by atoms with Crippen molar-refractivity contribution in [2.24, 2.45) is 7.05 Å². The fourth-order valence-electron chi connectivity index (χ4n) is 2.94. The number of halogens is 1. The minimum atomic E-state index is -0.250. The molecule has 23 heavy (non-hydrogen) atoms. The SMILES string of the molecule is Cc1nn(C)c(C)c1CC(=O)N(Cc1ccccc1F)C1CC1. The van der Waals surface area contributed by atoms with E-state index >= 15 is 0 Å². The number of hydrogen-bond acceptors (Lipinski definition) is 2. The van der Waals surface area contributed by atoms with Gasteiger partial charge in [0.1, 0.15) is 5.82 Å². The third-order valence-electron chi connectivity index (χ3n) is 4.59. The second-order valence-corrected chi connectivity index (χ2v) is 6.29. The quantitative estimate of drug-likeness (QED) is 0.851. The molecule has 4 nitrogen and oxygen atoms in total. The Hall–Kier alpha value is -2.17. The highest BCUT2D eigenvalue weighted by Crippen LogP contribution is 2.30. The molecule has 1 aliphatic rings. The maximum Gasteiger partial charge on any atom is 0.227 e. The molecule has 0 atom stereocenters. The molecule has 0 radical (unpaired) electrons. The van der Waals surface area contributed by atoms with Gasteiger partial charge >= 0.3 is 0 Å². The van der Waals surface area contributed by atoms with Gasteiger partial charge in [0.05, 0.1) is 12.1 Å². The lowest BCUT2D eigenvalue weighted by Gasteiger charge is -2.23. The van der Waals surface area contributed by atoms with Crippen molar-refractivity contribution in [1.29, 1.82) is 0 Å². The zero-order valence-electron chi connectivity index (χ0n) is 13.8. The van der Waals surface area contributed by atoms with Crippen LogP contribution in [0.4, 0.5) is 4.39 Å². The highest BCUT2D eigenvalue weighted by atomic mass is 19.1. The van der Waals surface area contributed by atoms with Crippen LogP contribution in [0.1, 0.15) is 35.4 Å². The largest absolute Gasteiger partial charge is 0.335 e. The molecule has 2 aromatic rings. The van der Waals surface area contributed by atoms with Crippen molar-refractivity contribution in [3.05, 3.63) is 52.6 Å². The summed E-state index contributed by atoms with van der Waals surface area (Å²) in [7, 11) is 1.88. The number of aryl methyl sites for hydroxylation is 2. The third-order valence-corrected chi connectivity index (χ3v) is 4.59. The molecule has 1 amide bonds. The monoisotopic (exact) mass is 315 g/mol. The van der Waals surface area contributed by atoms with Gasteiger partial charge < -0.3 is 4.90 Å². The molecule has 0 unspecified atom stereocenters. The fourth-order valence-corrected chi connectivity index (χ4v) is 2.94. The van der Waals surface area contributed by atoms with Gasteiger partial charge in [-0.1, -0.05) is 18.2 Å². The molecule has 1 heterocycles. The summed E-state index contributed by atoms with van der Waals surface area (Å²) in [5.74, 6) is -0.199. The molecule has 0 bridgehead atoms. The van der Waals surface area contributed by atoms with Crippen LogP contribution in [0.15, 0.2) is 24.3 Å². The Morgan fingerprint density at radius 3 is 2.61 bits per heavy atom. The van der Waals surface area contributed by atoms with E-state index in [2.05, 4.69) is 5.10 Å². The molecule has 3 rings (SSSR count). The van der Waals surface area contributed by atoms with E-state index in [1.54, 1.807) is 16.8 Å². The molecule has 1 aromatic carbocycles. The van der Waals surface area contributed by atoms with E-state index in [1.807, 2.05) is 31.9 Å². The van der Waals surface area contributed by atoms with Gasteiger partial charge in [0.15, 0.2) is 0 Å². The normalized spacial score (nSPS) is 14.1. The molecule has 122 valence electrons. The Kier molecular flexibility index (Phi) is 4.20. The van der Waals surface area contributed by atoms with Crippen molar-refractivity contribution in [2.45, 2.75) is 45.7 Å². The highest BCUT2D eigenvalue weighted by Gasteiger charge is 2.33. The minimum absolute atomic E-state index is 0.0509. The summed E-state index contributed by atoms with van der Waals surface area (Å²) < 4.78 is 15.7. The van der Waals surface area contributed by atoms with E-state index in [1.165, 1.54) is 6.07 Å². The van der Waals surface area contributed by atoms with Crippen molar-refractivity contribution < 1.29 is 9.18 Å². The lowest BCUT2D eigenvalue weighted by Crippen LogP contribution is -2.34. The van der Waals surface area contributed by atoms with E-state index < -0.39 is 0 Å². The maximum atomic E-state index is 13.9. The Labute approximate surface area is 135 Å². The molecule has 1 saturated carbocycles. The van der Waals surface area contributed by atoms with Crippen LogP contribution >= 0.6 is 0 Å². The number of aromatic nitrogens is 2. The first-order chi connectivity index (χ1) is 11.0. The average Bonchev–Trinajstić information content (AvgIpc) is 3.31. The van der Waals surface area contributed by atoms with E-state index in [-0.39, 0.29) is 17.8 Å². The summed E-state index contributed by atoms with van der Waals surface area (Å²) in [6.07, 6.45) is 2.34. The number of amides is 1. The Morgan fingerprint density at radius 1 is 1.35 bits per heavy atom. The summed E-state index contributed by atoms with van der Waals surface area (Å²) in [5.41, 5.74) is 3.46. The number of hydrogen-bond donors (Lipinski definition) is 0. The van der Waals surface area contributed by atoms with Crippen LogP contribution in [-0.2, 0) is 24.8 Å². The second-order valence-electron chi connectivity index (χ2n) is 6.29. The van der Waals surface area contributed by atoms with E-state index in [4.69, 9.17) is 0 Å². The summed E-state index contributed by atoms with van der Waals surface area (Å²) in [6, 6.07) is 6.92. The van der Waals surface area contributed by atoms with E-state index in [0.717, 1.165) is 29.8 Å². The van der Waals surface area contributed by atoms with E-state index in [0.29, 0.717) is 18.5 Å². The Bertz CT molecular complexity index is 734. The van der Waals surface area contributed by atoms with E-state index in [9.17, 15) is 9.18 Å². The molecule has 0 saturated heterocycles. The van der Waals surface area contributed by atoms with Crippen molar-refractivity contribution in [2.75, 3.05) is 0 Å². The van der Waals surface area contributed by atoms with Gasteiger partial charge in [-0.3, -0.25) is 9.48 Å². The first kappa shape index (κ1) is 15.7. The first-order valence-electron chi connectivity index (χ1n) is 7.99. The molecule has 0 N–H and O–H groups in total. The van der Waals surface area contributed by atoms with Crippen LogP contribution in [0.5, 0.6) is 0 Å². The molecular weight excluding hydrogens is 293 g/mol. The lowest BCUT2D eigenvalue weighted by molar-refractivity contribution is -0.131. The molecular formula is C18H22FN3O. The van der Waals surface area contributed by atoms with Gasteiger partial charge in [0.2, 0.25) is 5.91 Å². The van der Waals surface area contributed by atoms with Gasteiger partial charge in [-0.05, 0) is 32.8 Å². The molecule has 1 aliphatic carbocycles. The van der Waals surface area contributed by atoms with Crippen LogP contribution < -0.4 is 0 Å². The fraction of sp³-hybridized carbons (Fsp3) is 0.444. The lowest BCUT2D eigenvalue weighted by atomic mass is 10.1. The third kappa shape index (κ3) is 3.28. The smallest absolute Gasteiger partial charge is 0.227 e. The molecule has 5 heteroatoms. The highest BCUT2D eigenvalue weighted by molar-refractivity contribution is 5.80. The van der Waals surface area contributed by atoms with Gasteiger partial charge in [-0.25, -0.2) is 4.39 Å². The van der Waals surface area contributed by atoms with Gasteiger partial charge in [0, 0.05) is 36.5 Å². The van der Waals surface area contributed by atoms with Gasteiger partial charge in [-0.15, -0.1) is 0 Å². The molecule has 1 fully saturated rings. The van der Waals surface area contributed by atoms with Crippen LogP contribution in [0.25, 0.3) is 0 Å². The van der Waals surface area contributed by atoms with Crippen molar-refractivity contribution in [1.82, 2.24) is 14.7 Å². The average molecular weight is 315 g/mol. The minimum Gasteiger partial charge on any atom is -0.335 e. The number of nitrogens with zero attached hydrogens (tertiary/aromatic N) is 3.